The first-order chi connectivity index (χ1) is 6.60. The third-order valence-electron chi connectivity index (χ3n) is 2.82. The Morgan fingerprint density at radius 1 is 1.50 bits per heavy atom. The fraction of sp³-hybridized carbons (Fsp3) is 0.364. The van der Waals surface area contributed by atoms with Crippen LogP contribution in [-0.4, -0.2) is 0 Å². The highest BCUT2D eigenvalue weighted by molar-refractivity contribution is 6.30. The van der Waals surface area contributed by atoms with Gasteiger partial charge >= 0.3 is 0 Å². The Kier molecular flexibility index (Phi) is 2.01. The van der Waals surface area contributed by atoms with E-state index in [-0.39, 0.29) is 5.02 Å². The van der Waals surface area contributed by atoms with E-state index in [9.17, 15) is 4.39 Å². The van der Waals surface area contributed by atoms with E-state index < -0.39 is 11.2 Å². The van der Waals surface area contributed by atoms with E-state index in [1.807, 2.05) is 0 Å². The molecule has 1 saturated carbocycles. The number of nitriles is 1. The molecule has 1 nitrogen and oxygen atoms in total. The third-order valence-corrected chi connectivity index (χ3v) is 3.11. The van der Waals surface area contributed by atoms with Crippen molar-refractivity contribution in [2.24, 2.45) is 0 Å². The Morgan fingerprint density at radius 2 is 2.14 bits per heavy atom. The quantitative estimate of drug-likeness (QED) is 0.696. The SMILES string of the molecule is Cc1c(C2(C#N)CC2)ccc(Cl)c1F. The van der Waals surface area contributed by atoms with Gasteiger partial charge in [0.2, 0.25) is 0 Å². The molecule has 0 radical (unpaired) electrons. The normalized spacial score (nSPS) is 17.6. The average molecular weight is 210 g/mol. The summed E-state index contributed by atoms with van der Waals surface area (Å²) in [4.78, 5) is 0. The van der Waals surface area contributed by atoms with Gasteiger partial charge in [0.05, 0.1) is 16.5 Å². The molecule has 1 fully saturated rings. The summed E-state index contributed by atoms with van der Waals surface area (Å²) in [5, 5.41) is 9.11. The van der Waals surface area contributed by atoms with Gasteiger partial charge < -0.3 is 0 Å². The molecule has 0 N–H and O–H groups in total. The van der Waals surface area contributed by atoms with Crippen molar-refractivity contribution in [3.8, 4) is 6.07 Å². The minimum atomic E-state index is -0.435. The highest BCUT2D eigenvalue weighted by Gasteiger charge is 2.46. The molecular weight excluding hydrogens is 201 g/mol. The first-order valence-electron chi connectivity index (χ1n) is 4.47. The Balaban J connectivity index is 2.57. The van der Waals surface area contributed by atoms with Crippen molar-refractivity contribution in [2.45, 2.75) is 25.2 Å². The van der Waals surface area contributed by atoms with Crippen LogP contribution in [0.3, 0.4) is 0 Å². The zero-order chi connectivity index (χ0) is 10.3. The van der Waals surface area contributed by atoms with E-state index in [1.165, 1.54) is 6.07 Å². The van der Waals surface area contributed by atoms with Crippen molar-refractivity contribution in [3.05, 3.63) is 34.1 Å². The summed E-state index contributed by atoms with van der Waals surface area (Å²) in [5.41, 5.74) is 0.869. The van der Waals surface area contributed by atoms with Gasteiger partial charge in [0.15, 0.2) is 0 Å². The van der Waals surface area contributed by atoms with Gasteiger partial charge in [0, 0.05) is 0 Å². The van der Waals surface area contributed by atoms with Crippen molar-refractivity contribution in [3.63, 3.8) is 0 Å². The van der Waals surface area contributed by atoms with Crippen LogP contribution in [0.4, 0.5) is 4.39 Å². The van der Waals surface area contributed by atoms with Gasteiger partial charge in [0.25, 0.3) is 0 Å². The van der Waals surface area contributed by atoms with Gasteiger partial charge in [-0.25, -0.2) is 4.39 Å². The van der Waals surface area contributed by atoms with Crippen LogP contribution in [0.25, 0.3) is 0 Å². The number of nitrogens with zero attached hydrogens (tertiary/aromatic N) is 1. The number of halogens is 2. The van der Waals surface area contributed by atoms with Crippen LogP contribution in [0.15, 0.2) is 12.1 Å². The molecule has 2 rings (SSSR count). The van der Waals surface area contributed by atoms with Gasteiger partial charge in [0.1, 0.15) is 5.82 Å². The second kappa shape index (κ2) is 2.96. The summed E-state index contributed by atoms with van der Waals surface area (Å²) in [5.74, 6) is -0.398. The molecular formula is C11H9ClFN. The number of hydrogen-bond acceptors (Lipinski definition) is 1. The van der Waals surface area contributed by atoms with Gasteiger partial charge in [-0.3, -0.25) is 0 Å². The van der Waals surface area contributed by atoms with E-state index in [4.69, 9.17) is 16.9 Å². The lowest BCUT2D eigenvalue weighted by atomic mass is 9.93. The summed E-state index contributed by atoms with van der Waals surface area (Å²) < 4.78 is 13.4. The maximum Gasteiger partial charge on any atom is 0.145 e. The van der Waals surface area contributed by atoms with Crippen LogP contribution in [0.5, 0.6) is 0 Å². The van der Waals surface area contributed by atoms with Crippen LogP contribution >= 0.6 is 11.6 Å². The molecule has 72 valence electrons. The Morgan fingerprint density at radius 3 is 2.64 bits per heavy atom. The molecule has 0 aromatic heterocycles. The second-order valence-electron chi connectivity index (χ2n) is 3.73. The minimum absolute atomic E-state index is 0.125. The second-order valence-corrected chi connectivity index (χ2v) is 4.14. The lowest BCUT2D eigenvalue weighted by molar-refractivity contribution is 0.613. The molecule has 3 heteroatoms. The van der Waals surface area contributed by atoms with E-state index in [1.54, 1.807) is 13.0 Å². The van der Waals surface area contributed by atoms with Crippen molar-refractivity contribution < 1.29 is 4.39 Å². The van der Waals surface area contributed by atoms with Crippen LogP contribution in [0.1, 0.15) is 24.0 Å². The summed E-state index contributed by atoms with van der Waals surface area (Å²) in [6.45, 7) is 1.67. The maximum atomic E-state index is 13.4. The van der Waals surface area contributed by atoms with E-state index in [0.29, 0.717) is 5.56 Å². The number of benzene rings is 1. The molecule has 1 aliphatic rings. The smallest absolute Gasteiger partial charge is 0.145 e. The van der Waals surface area contributed by atoms with Crippen LogP contribution in [0, 0.1) is 24.1 Å². The Hall–Kier alpha value is -1.07. The van der Waals surface area contributed by atoms with Crippen molar-refractivity contribution in [1.82, 2.24) is 0 Å². The van der Waals surface area contributed by atoms with Gasteiger partial charge in [-0.15, -0.1) is 0 Å². The topological polar surface area (TPSA) is 23.8 Å². The molecule has 0 aliphatic heterocycles. The van der Waals surface area contributed by atoms with E-state index in [2.05, 4.69) is 6.07 Å². The fourth-order valence-electron chi connectivity index (χ4n) is 1.74. The molecule has 1 aromatic rings. The molecule has 0 saturated heterocycles. The van der Waals surface area contributed by atoms with Crippen LogP contribution in [0.2, 0.25) is 5.02 Å². The molecule has 1 aliphatic carbocycles. The van der Waals surface area contributed by atoms with Crippen molar-refractivity contribution in [1.29, 1.82) is 5.26 Å². The monoisotopic (exact) mass is 209 g/mol. The molecule has 0 heterocycles. The average Bonchev–Trinajstić information content (AvgIpc) is 2.95. The third kappa shape index (κ3) is 1.20. The molecule has 0 amide bonds. The summed E-state index contributed by atoms with van der Waals surface area (Å²) in [6, 6.07) is 5.53. The van der Waals surface area contributed by atoms with Crippen molar-refractivity contribution >= 4 is 11.6 Å². The summed E-state index contributed by atoms with van der Waals surface area (Å²) in [6.07, 6.45) is 1.65. The zero-order valence-electron chi connectivity index (χ0n) is 7.77. The summed E-state index contributed by atoms with van der Waals surface area (Å²) >= 11 is 5.64. The van der Waals surface area contributed by atoms with Crippen LogP contribution < -0.4 is 0 Å². The minimum Gasteiger partial charge on any atom is -0.205 e. The van der Waals surface area contributed by atoms with Gasteiger partial charge in [-0.2, -0.15) is 5.26 Å². The largest absolute Gasteiger partial charge is 0.205 e. The molecule has 0 spiro atoms. The number of hydrogen-bond donors (Lipinski definition) is 0. The highest BCUT2D eigenvalue weighted by Crippen LogP contribution is 2.49. The lowest BCUT2D eigenvalue weighted by Crippen LogP contribution is -2.06. The first-order valence-corrected chi connectivity index (χ1v) is 4.85. The highest BCUT2D eigenvalue weighted by atomic mass is 35.5. The molecule has 0 atom stereocenters. The van der Waals surface area contributed by atoms with Crippen LogP contribution in [-0.2, 0) is 5.41 Å². The fourth-order valence-corrected chi connectivity index (χ4v) is 1.94. The van der Waals surface area contributed by atoms with Gasteiger partial charge in [-0.05, 0) is 37.0 Å². The molecule has 1 aromatic carbocycles. The van der Waals surface area contributed by atoms with E-state index in [0.717, 1.165) is 18.4 Å². The standard InChI is InChI=1S/C11H9ClFN/c1-7-8(11(6-14)4-5-11)2-3-9(12)10(7)13/h2-3H,4-5H2,1H3. The molecule has 0 unspecified atom stereocenters. The predicted octanol–water partition coefficient (Wildman–Crippen LogP) is 3.34. The number of rotatable bonds is 1. The lowest BCUT2D eigenvalue weighted by Gasteiger charge is -2.11. The summed E-state index contributed by atoms with van der Waals surface area (Å²) in [7, 11) is 0. The zero-order valence-corrected chi connectivity index (χ0v) is 8.53. The Bertz CT molecular complexity index is 430. The first kappa shape index (κ1) is 9.48. The Labute approximate surface area is 87.1 Å². The van der Waals surface area contributed by atoms with Crippen molar-refractivity contribution in [2.75, 3.05) is 0 Å². The molecule has 0 bridgehead atoms. The van der Waals surface area contributed by atoms with E-state index >= 15 is 0 Å². The van der Waals surface area contributed by atoms with Gasteiger partial charge in [-0.1, -0.05) is 17.7 Å². The predicted molar refractivity (Wildman–Crippen MR) is 52.7 cm³/mol. The molecule has 14 heavy (non-hydrogen) atoms. The maximum absolute atomic E-state index is 13.4.